The van der Waals surface area contributed by atoms with E-state index in [1.165, 1.54) is 5.56 Å². The average Bonchev–Trinajstić information content (AvgIpc) is 2.42. The number of rotatable bonds is 7. The molecule has 0 atom stereocenters. The maximum absolute atomic E-state index is 11.2. The number of carbonyl (C=O) groups excluding carboxylic acids is 1. The van der Waals surface area contributed by atoms with Gasteiger partial charge in [-0.25, -0.2) is 0 Å². The summed E-state index contributed by atoms with van der Waals surface area (Å²) in [5.74, 6) is 0.631. The number of nitrogens with one attached hydrogen (secondary N) is 2. The highest BCUT2D eigenvalue weighted by atomic mass is 16.5. The van der Waals surface area contributed by atoms with E-state index in [9.17, 15) is 4.79 Å². The molecule has 1 heterocycles. The number of hydrogen-bond acceptors (Lipinski definition) is 4. The molecule has 5 heteroatoms. The molecule has 0 saturated heterocycles. The first-order valence-corrected chi connectivity index (χ1v) is 6.67. The first kappa shape index (κ1) is 13.8. The van der Waals surface area contributed by atoms with Gasteiger partial charge in [-0.15, -0.1) is 0 Å². The van der Waals surface area contributed by atoms with Crippen molar-refractivity contribution in [2.75, 3.05) is 31.6 Å². The third kappa shape index (κ3) is 4.22. The normalized spacial score (nSPS) is 13.6. The maximum Gasteiger partial charge on any atom is 0.262 e. The van der Waals surface area contributed by atoms with Crippen LogP contribution in [0, 0.1) is 0 Å². The van der Waals surface area contributed by atoms with Gasteiger partial charge in [0.1, 0.15) is 5.75 Å². The van der Waals surface area contributed by atoms with Crippen molar-refractivity contribution in [3.63, 3.8) is 0 Å². The standard InChI is InChI=1S/C14H20N2O3/c17-8-2-1-6-15-7-5-11-3-4-13-12(9-11)16-14(18)10-19-13/h3-4,9,15,17H,1-2,5-8,10H2,(H,16,18). The molecule has 0 aromatic heterocycles. The summed E-state index contributed by atoms with van der Waals surface area (Å²) in [7, 11) is 0. The van der Waals surface area contributed by atoms with Crippen molar-refractivity contribution in [3.8, 4) is 5.75 Å². The molecular formula is C14H20N2O3. The zero-order chi connectivity index (χ0) is 13.5. The van der Waals surface area contributed by atoms with Crippen molar-refractivity contribution in [3.05, 3.63) is 23.8 Å². The lowest BCUT2D eigenvalue weighted by Crippen LogP contribution is -2.25. The third-order valence-electron chi connectivity index (χ3n) is 3.03. The fourth-order valence-corrected chi connectivity index (χ4v) is 2.01. The van der Waals surface area contributed by atoms with Gasteiger partial charge in [0.15, 0.2) is 6.61 Å². The van der Waals surface area contributed by atoms with Crippen LogP contribution >= 0.6 is 0 Å². The van der Waals surface area contributed by atoms with E-state index in [1.807, 2.05) is 18.2 Å². The first-order valence-electron chi connectivity index (χ1n) is 6.67. The van der Waals surface area contributed by atoms with Crippen molar-refractivity contribution in [2.45, 2.75) is 19.3 Å². The molecule has 1 amide bonds. The van der Waals surface area contributed by atoms with E-state index in [-0.39, 0.29) is 19.1 Å². The molecule has 1 aromatic carbocycles. The Morgan fingerprint density at radius 2 is 2.21 bits per heavy atom. The number of fused-ring (bicyclic) bond motifs is 1. The average molecular weight is 264 g/mol. The Morgan fingerprint density at radius 3 is 3.05 bits per heavy atom. The number of unbranched alkanes of at least 4 members (excludes halogenated alkanes) is 1. The second kappa shape index (κ2) is 7.11. The minimum Gasteiger partial charge on any atom is -0.482 e. The van der Waals surface area contributed by atoms with Gasteiger partial charge in [-0.05, 0) is 50.0 Å². The maximum atomic E-state index is 11.2. The van der Waals surface area contributed by atoms with Gasteiger partial charge in [0.2, 0.25) is 0 Å². The van der Waals surface area contributed by atoms with Crippen LogP contribution in [0.15, 0.2) is 18.2 Å². The lowest BCUT2D eigenvalue weighted by Gasteiger charge is -2.18. The molecule has 1 aromatic rings. The number of amides is 1. The van der Waals surface area contributed by atoms with Gasteiger partial charge >= 0.3 is 0 Å². The molecule has 19 heavy (non-hydrogen) atoms. The lowest BCUT2D eigenvalue weighted by atomic mass is 10.1. The Bertz CT molecular complexity index is 435. The van der Waals surface area contributed by atoms with Crippen LogP contribution < -0.4 is 15.4 Å². The Balaban J connectivity index is 1.78. The molecule has 0 aliphatic carbocycles. The van der Waals surface area contributed by atoms with Crippen LogP contribution in [0.3, 0.4) is 0 Å². The van der Waals surface area contributed by atoms with E-state index >= 15 is 0 Å². The molecule has 1 aliphatic heterocycles. The molecule has 0 bridgehead atoms. The second-order valence-corrected chi connectivity index (χ2v) is 4.60. The molecule has 3 N–H and O–H groups in total. The van der Waals surface area contributed by atoms with Crippen molar-refractivity contribution in [1.82, 2.24) is 5.32 Å². The highest BCUT2D eigenvalue weighted by Crippen LogP contribution is 2.28. The fourth-order valence-electron chi connectivity index (χ4n) is 2.01. The minimum atomic E-state index is -0.105. The smallest absolute Gasteiger partial charge is 0.262 e. The summed E-state index contributed by atoms with van der Waals surface area (Å²) in [6, 6.07) is 5.88. The Kier molecular flexibility index (Phi) is 5.18. The lowest BCUT2D eigenvalue weighted by molar-refractivity contribution is -0.118. The van der Waals surface area contributed by atoms with Gasteiger partial charge in [-0.3, -0.25) is 4.79 Å². The summed E-state index contributed by atoms with van der Waals surface area (Å²) in [4.78, 5) is 11.2. The van der Waals surface area contributed by atoms with Gasteiger partial charge in [-0.1, -0.05) is 6.07 Å². The zero-order valence-electron chi connectivity index (χ0n) is 10.9. The molecule has 1 aliphatic rings. The number of carbonyl (C=O) groups is 1. The van der Waals surface area contributed by atoms with Crippen LogP contribution in [-0.4, -0.2) is 37.3 Å². The second-order valence-electron chi connectivity index (χ2n) is 4.60. The Morgan fingerprint density at radius 1 is 1.32 bits per heavy atom. The van der Waals surface area contributed by atoms with Gasteiger partial charge in [0.05, 0.1) is 5.69 Å². The van der Waals surface area contributed by atoms with Crippen molar-refractivity contribution in [1.29, 1.82) is 0 Å². The van der Waals surface area contributed by atoms with Gasteiger partial charge < -0.3 is 20.5 Å². The number of ether oxygens (including phenoxy) is 1. The SMILES string of the molecule is O=C1COc2ccc(CCNCCCCO)cc2N1. The number of aliphatic hydroxyl groups is 1. The van der Waals surface area contributed by atoms with Crippen LogP contribution in [-0.2, 0) is 11.2 Å². The highest BCUT2D eigenvalue weighted by Gasteiger charge is 2.15. The van der Waals surface area contributed by atoms with E-state index in [4.69, 9.17) is 9.84 Å². The topological polar surface area (TPSA) is 70.6 Å². The van der Waals surface area contributed by atoms with Crippen LogP contribution in [0.4, 0.5) is 5.69 Å². The Hall–Kier alpha value is -1.59. The highest BCUT2D eigenvalue weighted by molar-refractivity contribution is 5.95. The molecular weight excluding hydrogens is 244 g/mol. The molecule has 0 saturated carbocycles. The third-order valence-corrected chi connectivity index (χ3v) is 3.03. The van der Waals surface area contributed by atoms with Crippen LogP contribution in [0.25, 0.3) is 0 Å². The van der Waals surface area contributed by atoms with E-state index in [0.29, 0.717) is 0 Å². The first-order chi connectivity index (χ1) is 9.29. The summed E-state index contributed by atoms with van der Waals surface area (Å²) in [6.07, 6.45) is 2.74. The number of hydrogen-bond donors (Lipinski definition) is 3. The van der Waals surface area contributed by atoms with Crippen LogP contribution in [0.5, 0.6) is 5.75 Å². The predicted molar refractivity (Wildman–Crippen MR) is 73.5 cm³/mol. The summed E-state index contributed by atoms with van der Waals surface area (Å²) in [5.41, 5.74) is 1.92. The molecule has 0 radical (unpaired) electrons. The summed E-state index contributed by atoms with van der Waals surface area (Å²) >= 11 is 0. The number of aliphatic hydroxyl groups excluding tert-OH is 1. The van der Waals surface area contributed by atoms with Gasteiger partial charge in [-0.2, -0.15) is 0 Å². The molecule has 0 spiro atoms. The molecule has 0 unspecified atom stereocenters. The molecule has 2 rings (SSSR count). The van der Waals surface area contributed by atoms with Crippen molar-refractivity contribution < 1.29 is 14.6 Å². The van der Waals surface area contributed by atoms with Crippen molar-refractivity contribution >= 4 is 11.6 Å². The monoisotopic (exact) mass is 264 g/mol. The fraction of sp³-hybridized carbons (Fsp3) is 0.500. The summed E-state index contributed by atoms with van der Waals surface area (Å²) in [6.45, 7) is 2.16. The van der Waals surface area contributed by atoms with Crippen LogP contribution in [0.1, 0.15) is 18.4 Å². The Labute approximate surface area is 113 Å². The zero-order valence-corrected chi connectivity index (χ0v) is 10.9. The van der Waals surface area contributed by atoms with E-state index in [0.717, 1.165) is 43.8 Å². The largest absolute Gasteiger partial charge is 0.482 e. The predicted octanol–water partition coefficient (Wildman–Crippen LogP) is 0.922. The molecule has 0 fully saturated rings. The van der Waals surface area contributed by atoms with E-state index < -0.39 is 0 Å². The summed E-state index contributed by atoms with van der Waals surface area (Å²) < 4.78 is 5.31. The van der Waals surface area contributed by atoms with E-state index in [2.05, 4.69) is 10.6 Å². The molecule has 5 nitrogen and oxygen atoms in total. The number of anilines is 1. The quantitative estimate of drug-likeness (QED) is 0.641. The van der Waals surface area contributed by atoms with Crippen molar-refractivity contribution in [2.24, 2.45) is 0 Å². The molecule has 104 valence electrons. The van der Waals surface area contributed by atoms with E-state index in [1.54, 1.807) is 0 Å². The summed E-state index contributed by atoms with van der Waals surface area (Å²) in [5, 5.41) is 14.8. The van der Waals surface area contributed by atoms with Gasteiger partial charge in [0, 0.05) is 6.61 Å². The van der Waals surface area contributed by atoms with Crippen LogP contribution in [0.2, 0.25) is 0 Å². The minimum absolute atomic E-state index is 0.0960. The van der Waals surface area contributed by atoms with Gasteiger partial charge in [0.25, 0.3) is 5.91 Å². The number of benzene rings is 1.